The summed E-state index contributed by atoms with van der Waals surface area (Å²) in [4.78, 5) is 17.4. The fourth-order valence-electron chi connectivity index (χ4n) is 4.73. The Morgan fingerprint density at radius 3 is 2.26 bits per heavy atom. The standard InChI is InChI=1S/C26H22F9N3O4S/c1-12-6-14(4-5-17(12)23(39)36-16-10-38(11-16)43(3,40)41)20-7-13(2)24(42-37-20,26(33,34)35)19-9-15(25(30,31)32)8-18(21(19)27)22(28)29/h4-6,8-9,16,22H,2,7,10-11H2,1,3H3,(H,36,39)/t24-/m0/s1. The Balaban J connectivity index is 1.67. The highest BCUT2D eigenvalue weighted by Crippen LogP contribution is 2.53. The number of carbonyl (C=O) groups excluding carboxylic acids is 1. The highest BCUT2D eigenvalue weighted by Gasteiger charge is 2.64. The van der Waals surface area contributed by atoms with Crippen molar-refractivity contribution >= 4 is 21.6 Å². The molecule has 2 aromatic rings. The van der Waals surface area contributed by atoms with Crippen molar-refractivity contribution in [3.63, 3.8) is 0 Å². The Morgan fingerprint density at radius 1 is 1.14 bits per heavy atom. The second kappa shape index (κ2) is 10.8. The lowest BCUT2D eigenvalue weighted by molar-refractivity contribution is -0.272. The zero-order valence-electron chi connectivity index (χ0n) is 22.2. The van der Waals surface area contributed by atoms with Gasteiger partial charge in [0.2, 0.25) is 10.0 Å². The Bertz CT molecular complexity index is 1610. The second-order valence-corrected chi connectivity index (χ2v) is 12.1. The molecule has 2 aromatic carbocycles. The summed E-state index contributed by atoms with van der Waals surface area (Å²) in [5.74, 6) is -2.81. The van der Waals surface area contributed by atoms with Crippen LogP contribution in [-0.4, -0.2) is 55.9 Å². The maximum atomic E-state index is 15.0. The van der Waals surface area contributed by atoms with Gasteiger partial charge in [-0.05, 0) is 47.9 Å². The molecule has 4 rings (SSSR count). The highest BCUT2D eigenvalue weighted by molar-refractivity contribution is 7.88. The van der Waals surface area contributed by atoms with Gasteiger partial charge in [-0.1, -0.05) is 17.8 Å². The SMILES string of the molecule is C=C1CC(c2ccc(C(=O)NC3CN(S(C)(=O)=O)C3)c(C)c2)=NO[C@@]1(c1cc(C(F)(F)F)cc(C(F)F)c1F)C(F)(F)F. The van der Waals surface area contributed by atoms with Crippen molar-refractivity contribution in [1.29, 1.82) is 0 Å². The summed E-state index contributed by atoms with van der Waals surface area (Å²) in [5, 5.41) is 6.06. The van der Waals surface area contributed by atoms with E-state index in [1.165, 1.54) is 25.1 Å². The first kappa shape index (κ1) is 32.3. The predicted octanol–water partition coefficient (Wildman–Crippen LogP) is 5.60. The van der Waals surface area contributed by atoms with Gasteiger partial charge in [-0.3, -0.25) is 4.79 Å². The number of rotatable bonds is 6. The first-order valence-corrected chi connectivity index (χ1v) is 14.1. The normalized spacial score (nSPS) is 20.5. The van der Waals surface area contributed by atoms with Crippen molar-refractivity contribution in [2.45, 2.75) is 43.8 Å². The van der Waals surface area contributed by atoms with Crippen molar-refractivity contribution in [3.8, 4) is 0 Å². The number of nitrogens with one attached hydrogen (secondary N) is 1. The van der Waals surface area contributed by atoms with Gasteiger partial charge >= 0.3 is 12.4 Å². The van der Waals surface area contributed by atoms with E-state index in [0.717, 1.165) is 10.6 Å². The van der Waals surface area contributed by atoms with Crippen LogP contribution in [0.4, 0.5) is 39.5 Å². The van der Waals surface area contributed by atoms with Crippen molar-refractivity contribution in [3.05, 3.63) is 81.7 Å². The lowest BCUT2D eigenvalue weighted by Gasteiger charge is -2.39. The van der Waals surface area contributed by atoms with Crippen LogP contribution in [0.2, 0.25) is 0 Å². The predicted molar refractivity (Wildman–Crippen MR) is 134 cm³/mol. The minimum Gasteiger partial charge on any atom is -0.370 e. The van der Waals surface area contributed by atoms with E-state index >= 15 is 4.39 Å². The lowest BCUT2D eigenvalue weighted by Crippen LogP contribution is -2.60. The van der Waals surface area contributed by atoms with Crippen molar-refractivity contribution in [2.75, 3.05) is 19.3 Å². The molecule has 0 aromatic heterocycles. The van der Waals surface area contributed by atoms with Gasteiger partial charge in [-0.2, -0.15) is 30.6 Å². The molecule has 0 radical (unpaired) electrons. The molecule has 1 saturated heterocycles. The molecule has 0 spiro atoms. The molecule has 0 unspecified atom stereocenters. The van der Waals surface area contributed by atoms with Gasteiger partial charge in [0, 0.05) is 30.6 Å². The summed E-state index contributed by atoms with van der Waals surface area (Å²) in [5.41, 5.74) is -10.4. The van der Waals surface area contributed by atoms with E-state index in [0.29, 0.717) is 5.56 Å². The van der Waals surface area contributed by atoms with Crippen LogP contribution < -0.4 is 5.32 Å². The van der Waals surface area contributed by atoms with E-state index in [1.807, 2.05) is 0 Å². The summed E-state index contributed by atoms with van der Waals surface area (Å²) in [6.45, 7) is 4.90. The summed E-state index contributed by atoms with van der Waals surface area (Å²) in [6, 6.07) is 2.98. The first-order valence-electron chi connectivity index (χ1n) is 12.2. The van der Waals surface area contributed by atoms with Crippen LogP contribution in [0.3, 0.4) is 0 Å². The van der Waals surface area contributed by atoms with E-state index in [4.69, 9.17) is 0 Å². The largest absolute Gasteiger partial charge is 0.439 e. The third-order valence-electron chi connectivity index (χ3n) is 7.07. The quantitative estimate of drug-likeness (QED) is 0.328. The monoisotopic (exact) mass is 643 g/mol. The van der Waals surface area contributed by atoms with Crippen molar-refractivity contribution in [1.82, 2.24) is 9.62 Å². The van der Waals surface area contributed by atoms with Gasteiger partial charge < -0.3 is 10.2 Å². The van der Waals surface area contributed by atoms with Gasteiger partial charge in [-0.25, -0.2) is 21.6 Å². The first-order chi connectivity index (χ1) is 19.7. The molecule has 2 aliphatic heterocycles. The number of aryl methyl sites for hydroxylation is 1. The molecular formula is C26H22F9N3O4S. The number of amides is 1. The average molecular weight is 644 g/mol. The lowest BCUT2D eigenvalue weighted by atomic mass is 9.80. The number of benzene rings is 2. The van der Waals surface area contributed by atoms with E-state index in [-0.39, 0.29) is 42.1 Å². The summed E-state index contributed by atoms with van der Waals surface area (Å²) >= 11 is 0. The fourth-order valence-corrected chi connectivity index (χ4v) is 5.63. The molecular weight excluding hydrogens is 621 g/mol. The van der Waals surface area contributed by atoms with Gasteiger partial charge in [-0.15, -0.1) is 0 Å². The molecule has 2 aliphatic rings. The Hall–Kier alpha value is -3.60. The fraction of sp³-hybridized carbons (Fsp3) is 0.385. The molecule has 0 bridgehead atoms. The van der Waals surface area contributed by atoms with Gasteiger partial charge in [0.1, 0.15) is 5.82 Å². The molecule has 1 atom stereocenters. The number of hydrogen-bond donors (Lipinski definition) is 1. The second-order valence-electron chi connectivity index (χ2n) is 10.1. The summed E-state index contributed by atoms with van der Waals surface area (Å²) in [6.07, 6.45) is -14.8. The molecule has 1 fully saturated rings. The minimum absolute atomic E-state index is 0.0736. The number of halogens is 9. The Labute approximate surface area is 239 Å². The number of hydrogen-bond acceptors (Lipinski definition) is 5. The zero-order chi connectivity index (χ0) is 32.3. The zero-order valence-corrected chi connectivity index (χ0v) is 23.0. The molecule has 0 saturated carbocycles. The number of carbonyl (C=O) groups is 1. The van der Waals surface area contributed by atoms with E-state index < -0.39 is 80.9 Å². The molecule has 2 heterocycles. The number of sulfonamides is 1. The molecule has 7 nitrogen and oxygen atoms in total. The van der Waals surface area contributed by atoms with Gasteiger partial charge in [0.25, 0.3) is 17.9 Å². The maximum absolute atomic E-state index is 15.0. The van der Waals surface area contributed by atoms with Crippen LogP contribution in [-0.2, 0) is 26.6 Å². The van der Waals surface area contributed by atoms with Crippen LogP contribution in [0.5, 0.6) is 0 Å². The average Bonchev–Trinajstić information content (AvgIpc) is 2.83. The molecule has 234 valence electrons. The van der Waals surface area contributed by atoms with Crippen molar-refractivity contribution < 1.29 is 57.6 Å². The molecule has 1 amide bonds. The van der Waals surface area contributed by atoms with E-state index in [1.54, 1.807) is 0 Å². The molecule has 1 N–H and O–H groups in total. The smallest absolute Gasteiger partial charge is 0.370 e. The Morgan fingerprint density at radius 2 is 1.77 bits per heavy atom. The molecule has 0 aliphatic carbocycles. The van der Waals surface area contributed by atoms with Crippen molar-refractivity contribution in [2.24, 2.45) is 5.16 Å². The third kappa shape index (κ3) is 5.96. The highest BCUT2D eigenvalue weighted by atomic mass is 32.2. The topological polar surface area (TPSA) is 88.1 Å². The number of alkyl halides is 8. The summed E-state index contributed by atoms with van der Waals surface area (Å²) < 4.78 is 150. The van der Waals surface area contributed by atoms with E-state index in [2.05, 4.69) is 21.9 Å². The van der Waals surface area contributed by atoms with Crippen LogP contribution in [0, 0.1) is 12.7 Å². The number of nitrogens with zero attached hydrogens (tertiary/aromatic N) is 2. The summed E-state index contributed by atoms with van der Waals surface area (Å²) in [7, 11) is -3.41. The third-order valence-corrected chi connectivity index (χ3v) is 8.31. The van der Waals surface area contributed by atoms with E-state index in [9.17, 15) is 48.3 Å². The molecule has 43 heavy (non-hydrogen) atoms. The van der Waals surface area contributed by atoms with Gasteiger partial charge in [0.05, 0.1) is 29.1 Å². The van der Waals surface area contributed by atoms with Crippen LogP contribution in [0.25, 0.3) is 0 Å². The van der Waals surface area contributed by atoms with Crippen LogP contribution in [0.1, 0.15) is 51.0 Å². The maximum Gasteiger partial charge on any atom is 0.439 e. The van der Waals surface area contributed by atoms with Gasteiger partial charge in [0.15, 0.2) is 0 Å². The number of oxime groups is 1. The van der Waals surface area contributed by atoms with Crippen LogP contribution >= 0.6 is 0 Å². The van der Waals surface area contributed by atoms with Crippen LogP contribution in [0.15, 0.2) is 47.6 Å². The Kier molecular flexibility index (Phi) is 8.14. The minimum atomic E-state index is -5.68. The molecule has 17 heteroatoms.